The lowest BCUT2D eigenvalue weighted by atomic mass is 10.0. The maximum Gasteiger partial charge on any atom is 0.124 e. The van der Waals surface area contributed by atoms with Crippen molar-refractivity contribution in [2.24, 2.45) is 5.92 Å². The fraction of sp³-hybridized carbons (Fsp3) is 0.647. The van der Waals surface area contributed by atoms with Crippen LogP contribution >= 0.6 is 15.9 Å². The highest BCUT2D eigenvalue weighted by Crippen LogP contribution is 2.23. The zero-order valence-corrected chi connectivity index (χ0v) is 14.8. The van der Waals surface area contributed by atoms with Crippen LogP contribution in [-0.4, -0.2) is 30.1 Å². The van der Waals surface area contributed by atoms with Crippen LogP contribution in [0.2, 0.25) is 0 Å². The predicted octanol–water partition coefficient (Wildman–Crippen LogP) is 4.19. The number of rotatable bonds is 4. The molecule has 2 unspecified atom stereocenters. The van der Waals surface area contributed by atoms with E-state index in [2.05, 4.69) is 46.9 Å². The van der Waals surface area contributed by atoms with E-state index >= 15 is 0 Å². The Labute approximate surface area is 136 Å². The number of benzene rings is 1. The smallest absolute Gasteiger partial charge is 0.124 e. The molecule has 1 aromatic rings. The van der Waals surface area contributed by atoms with Crippen molar-refractivity contribution in [3.05, 3.63) is 34.1 Å². The van der Waals surface area contributed by atoms with Gasteiger partial charge in [0.1, 0.15) is 5.82 Å². The first-order valence-corrected chi connectivity index (χ1v) is 8.66. The second-order valence-electron chi connectivity index (χ2n) is 6.58. The van der Waals surface area contributed by atoms with Crippen LogP contribution < -0.4 is 5.32 Å². The third-order valence-corrected chi connectivity index (χ3v) is 4.96. The van der Waals surface area contributed by atoms with E-state index in [1.807, 2.05) is 6.07 Å². The van der Waals surface area contributed by atoms with Gasteiger partial charge in [-0.25, -0.2) is 4.39 Å². The van der Waals surface area contributed by atoms with Crippen LogP contribution in [0.3, 0.4) is 0 Å². The molecule has 2 atom stereocenters. The van der Waals surface area contributed by atoms with Crippen molar-refractivity contribution < 1.29 is 4.39 Å². The summed E-state index contributed by atoms with van der Waals surface area (Å²) >= 11 is 3.49. The average molecular weight is 357 g/mol. The van der Waals surface area contributed by atoms with E-state index in [0.717, 1.165) is 36.1 Å². The van der Waals surface area contributed by atoms with Crippen LogP contribution in [0.5, 0.6) is 0 Å². The van der Waals surface area contributed by atoms with Crippen molar-refractivity contribution in [3.63, 3.8) is 0 Å². The van der Waals surface area contributed by atoms with Gasteiger partial charge in [-0.05, 0) is 49.9 Å². The monoisotopic (exact) mass is 356 g/mol. The van der Waals surface area contributed by atoms with E-state index in [9.17, 15) is 4.39 Å². The van der Waals surface area contributed by atoms with E-state index in [0.29, 0.717) is 18.0 Å². The van der Waals surface area contributed by atoms with Crippen molar-refractivity contribution in [2.45, 2.75) is 52.2 Å². The van der Waals surface area contributed by atoms with E-state index in [-0.39, 0.29) is 5.82 Å². The molecule has 1 fully saturated rings. The Morgan fingerprint density at radius 1 is 1.43 bits per heavy atom. The Balaban J connectivity index is 2.07. The molecule has 0 amide bonds. The van der Waals surface area contributed by atoms with E-state index in [1.165, 1.54) is 6.42 Å². The third kappa shape index (κ3) is 5.04. The molecule has 1 aromatic carbocycles. The first-order chi connectivity index (χ1) is 9.95. The van der Waals surface area contributed by atoms with Crippen LogP contribution in [0.15, 0.2) is 22.7 Å². The quantitative estimate of drug-likeness (QED) is 0.869. The summed E-state index contributed by atoms with van der Waals surface area (Å²) in [5, 5.41) is 3.67. The van der Waals surface area contributed by atoms with Crippen LogP contribution in [0.1, 0.15) is 39.2 Å². The fourth-order valence-electron chi connectivity index (χ4n) is 3.02. The van der Waals surface area contributed by atoms with Gasteiger partial charge in [-0.3, -0.25) is 4.90 Å². The maximum atomic E-state index is 13.2. The van der Waals surface area contributed by atoms with E-state index in [4.69, 9.17) is 0 Å². The van der Waals surface area contributed by atoms with E-state index < -0.39 is 0 Å². The van der Waals surface area contributed by atoms with Crippen LogP contribution in [0, 0.1) is 11.7 Å². The Bertz CT molecular complexity index is 464. The van der Waals surface area contributed by atoms with Crippen molar-refractivity contribution >= 4 is 15.9 Å². The highest BCUT2D eigenvalue weighted by Gasteiger charge is 2.23. The summed E-state index contributed by atoms with van der Waals surface area (Å²) in [5.41, 5.74) is 1.16. The zero-order valence-electron chi connectivity index (χ0n) is 13.2. The molecule has 0 spiro atoms. The minimum absolute atomic E-state index is 0.186. The first-order valence-electron chi connectivity index (χ1n) is 7.87. The number of hydrogen-bond donors (Lipinski definition) is 1. The van der Waals surface area contributed by atoms with Gasteiger partial charge < -0.3 is 5.32 Å². The van der Waals surface area contributed by atoms with Crippen molar-refractivity contribution in [1.82, 2.24) is 10.2 Å². The lowest BCUT2D eigenvalue weighted by Gasteiger charge is -2.30. The number of hydrogen-bond acceptors (Lipinski definition) is 2. The molecule has 1 N–H and O–H groups in total. The molecular formula is C17H26BrFN2. The van der Waals surface area contributed by atoms with Crippen LogP contribution in [0.25, 0.3) is 0 Å². The second kappa shape index (κ2) is 7.70. The summed E-state index contributed by atoms with van der Waals surface area (Å²) in [5.74, 6) is 0.518. The first kappa shape index (κ1) is 16.9. The summed E-state index contributed by atoms with van der Waals surface area (Å²) in [6.45, 7) is 9.85. The Morgan fingerprint density at radius 2 is 2.19 bits per heavy atom. The molecule has 1 saturated heterocycles. The molecule has 4 heteroatoms. The molecule has 1 heterocycles. The molecule has 1 aliphatic heterocycles. The minimum atomic E-state index is -0.186. The SMILES string of the molecule is CC(C)CC1CN(Cc2ccc(F)cc2Br)C(C)CCN1. The molecule has 1 aliphatic rings. The molecule has 0 aromatic heterocycles. The Kier molecular flexibility index (Phi) is 6.20. The van der Waals surface area contributed by atoms with Gasteiger partial charge in [0.25, 0.3) is 0 Å². The van der Waals surface area contributed by atoms with Crippen LogP contribution in [0.4, 0.5) is 4.39 Å². The molecule has 0 saturated carbocycles. The largest absolute Gasteiger partial charge is 0.313 e. The average Bonchev–Trinajstić information content (AvgIpc) is 2.55. The van der Waals surface area contributed by atoms with Crippen molar-refractivity contribution in [1.29, 1.82) is 0 Å². The van der Waals surface area contributed by atoms with Gasteiger partial charge >= 0.3 is 0 Å². The molecule has 2 rings (SSSR count). The standard InChI is InChI=1S/C17H26BrFN2/c1-12(2)8-16-11-21(13(3)6-7-20-16)10-14-4-5-15(19)9-17(14)18/h4-5,9,12-13,16,20H,6-8,10-11H2,1-3H3. The summed E-state index contributed by atoms with van der Waals surface area (Å²) in [7, 11) is 0. The van der Waals surface area contributed by atoms with Crippen molar-refractivity contribution in [3.8, 4) is 0 Å². The van der Waals surface area contributed by atoms with Crippen LogP contribution in [-0.2, 0) is 6.54 Å². The van der Waals surface area contributed by atoms with Gasteiger partial charge in [0.2, 0.25) is 0 Å². The number of nitrogens with zero attached hydrogens (tertiary/aromatic N) is 1. The van der Waals surface area contributed by atoms with Gasteiger partial charge in [-0.2, -0.15) is 0 Å². The minimum Gasteiger partial charge on any atom is -0.313 e. The summed E-state index contributed by atoms with van der Waals surface area (Å²) in [6.07, 6.45) is 2.36. The summed E-state index contributed by atoms with van der Waals surface area (Å²) < 4.78 is 14.1. The molecule has 21 heavy (non-hydrogen) atoms. The second-order valence-corrected chi connectivity index (χ2v) is 7.44. The van der Waals surface area contributed by atoms with Gasteiger partial charge in [0.05, 0.1) is 0 Å². The topological polar surface area (TPSA) is 15.3 Å². The normalized spacial score (nSPS) is 24.3. The molecular weight excluding hydrogens is 331 g/mol. The number of halogens is 2. The maximum absolute atomic E-state index is 13.2. The third-order valence-electron chi connectivity index (χ3n) is 4.22. The summed E-state index contributed by atoms with van der Waals surface area (Å²) in [4.78, 5) is 2.52. The fourth-order valence-corrected chi connectivity index (χ4v) is 3.50. The molecule has 2 nitrogen and oxygen atoms in total. The molecule has 0 aliphatic carbocycles. The lowest BCUT2D eigenvalue weighted by Crippen LogP contribution is -2.40. The van der Waals surface area contributed by atoms with Crippen molar-refractivity contribution in [2.75, 3.05) is 13.1 Å². The lowest BCUT2D eigenvalue weighted by molar-refractivity contribution is 0.189. The zero-order chi connectivity index (χ0) is 15.4. The molecule has 118 valence electrons. The molecule has 0 radical (unpaired) electrons. The highest BCUT2D eigenvalue weighted by atomic mass is 79.9. The Hall–Kier alpha value is -0.450. The van der Waals surface area contributed by atoms with E-state index in [1.54, 1.807) is 12.1 Å². The number of nitrogens with one attached hydrogen (secondary N) is 1. The predicted molar refractivity (Wildman–Crippen MR) is 89.8 cm³/mol. The van der Waals surface area contributed by atoms with Gasteiger partial charge in [-0.15, -0.1) is 0 Å². The summed E-state index contributed by atoms with van der Waals surface area (Å²) in [6, 6.07) is 6.09. The van der Waals surface area contributed by atoms with Gasteiger partial charge in [0, 0.05) is 29.6 Å². The highest BCUT2D eigenvalue weighted by molar-refractivity contribution is 9.10. The molecule has 0 bridgehead atoms. The Morgan fingerprint density at radius 3 is 2.86 bits per heavy atom. The van der Waals surface area contributed by atoms with Gasteiger partial charge in [-0.1, -0.05) is 35.8 Å². The van der Waals surface area contributed by atoms with Gasteiger partial charge in [0.15, 0.2) is 0 Å².